The van der Waals surface area contributed by atoms with E-state index in [4.69, 9.17) is 0 Å². The molecule has 2 aromatic carbocycles. The van der Waals surface area contributed by atoms with Gasteiger partial charge in [-0.25, -0.2) is 9.07 Å². The van der Waals surface area contributed by atoms with Crippen molar-refractivity contribution < 1.29 is 9.50 Å². The molecule has 0 bridgehead atoms. The molecular weight excluding hydrogens is 391 g/mol. The van der Waals surface area contributed by atoms with E-state index in [1.165, 1.54) is 37.0 Å². The van der Waals surface area contributed by atoms with Crippen LogP contribution < -0.4 is 0 Å². The lowest BCUT2D eigenvalue weighted by Crippen LogP contribution is -2.46. The van der Waals surface area contributed by atoms with Crippen LogP contribution in [-0.4, -0.2) is 44.2 Å². The van der Waals surface area contributed by atoms with E-state index in [9.17, 15) is 9.50 Å². The van der Waals surface area contributed by atoms with Crippen molar-refractivity contribution >= 4 is 0 Å². The second-order valence-corrected chi connectivity index (χ2v) is 8.44. The van der Waals surface area contributed by atoms with E-state index in [2.05, 4.69) is 46.4 Å². The molecule has 1 aliphatic heterocycles. The quantitative estimate of drug-likeness (QED) is 0.518. The second kappa shape index (κ2) is 10.2. The number of halogens is 1. The zero-order valence-electron chi connectivity index (χ0n) is 18.1. The van der Waals surface area contributed by atoms with Crippen molar-refractivity contribution in [3.63, 3.8) is 0 Å². The van der Waals surface area contributed by atoms with Gasteiger partial charge in [-0.3, -0.25) is 4.90 Å². The third-order valence-corrected chi connectivity index (χ3v) is 6.24. The van der Waals surface area contributed by atoms with Crippen LogP contribution in [0.5, 0.6) is 0 Å². The number of benzene rings is 2. The van der Waals surface area contributed by atoms with Gasteiger partial charge in [0.15, 0.2) is 0 Å². The number of likely N-dealkylation sites (tertiary alicyclic amines) is 1. The Kier molecular flexibility index (Phi) is 7.10. The maximum atomic E-state index is 13.2. The minimum absolute atomic E-state index is 0.159. The Bertz CT molecular complexity index is 944. The van der Waals surface area contributed by atoms with Gasteiger partial charge < -0.3 is 5.11 Å². The molecule has 6 heteroatoms. The molecule has 3 aromatic rings. The summed E-state index contributed by atoms with van der Waals surface area (Å²) >= 11 is 0. The van der Waals surface area contributed by atoms with Gasteiger partial charge in [-0.15, -0.1) is 5.10 Å². The molecule has 0 spiro atoms. The molecule has 0 amide bonds. The van der Waals surface area contributed by atoms with Crippen LogP contribution in [0.1, 0.15) is 56.7 Å². The normalized spacial score (nSPS) is 22.0. The average molecular weight is 423 g/mol. The van der Waals surface area contributed by atoms with Crippen molar-refractivity contribution in [2.45, 2.75) is 57.2 Å². The number of aliphatic hydroxyl groups excluding tert-OH is 1. The maximum absolute atomic E-state index is 13.2. The first kappa shape index (κ1) is 21.7. The maximum Gasteiger partial charge on any atom is 0.123 e. The fourth-order valence-electron chi connectivity index (χ4n) is 4.49. The molecule has 1 saturated heterocycles. The summed E-state index contributed by atoms with van der Waals surface area (Å²) in [7, 11) is 0. The number of hydrogen-bond donors (Lipinski definition) is 1. The lowest BCUT2D eigenvalue weighted by atomic mass is 9.90. The van der Waals surface area contributed by atoms with E-state index in [0.717, 1.165) is 25.1 Å². The molecule has 164 valence electrons. The first-order valence-electron chi connectivity index (χ1n) is 11.3. The largest absolute Gasteiger partial charge is 0.391 e. The Hall–Kier alpha value is -2.57. The Balaban J connectivity index is 1.53. The number of hydrogen-bond acceptors (Lipinski definition) is 4. The van der Waals surface area contributed by atoms with Crippen LogP contribution in [0.15, 0.2) is 60.8 Å². The molecule has 0 radical (unpaired) electrons. The first-order valence-corrected chi connectivity index (χ1v) is 11.3. The molecule has 0 saturated carbocycles. The Labute approximate surface area is 183 Å². The van der Waals surface area contributed by atoms with Gasteiger partial charge in [0.05, 0.1) is 18.3 Å². The Morgan fingerprint density at radius 2 is 1.81 bits per heavy atom. The summed E-state index contributed by atoms with van der Waals surface area (Å²) in [5, 5.41) is 19.6. The van der Waals surface area contributed by atoms with Crippen LogP contribution in [0.2, 0.25) is 0 Å². The van der Waals surface area contributed by atoms with Gasteiger partial charge >= 0.3 is 0 Å². The van der Waals surface area contributed by atoms with Gasteiger partial charge in [0, 0.05) is 18.2 Å². The monoisotopic (exact) mass is 422 g/mol. The summed E-state index contributed by atoms with van der Waals surface area (Å²) in [6.07, 6.45) is 6.85. The van der Waals surface area contributed by atoms with Crippen molar-refractivity contribution in [3.8, 4) is 11.3 Å². The molecule has 0 aliphatic carbocycles. The van der Waals surface area contributed by atoms with E-state index in [1.807, 2.05) is 12.3 Å². The summed E-state index contributed by atoms with van der Waals surface area (Å²) in [6, 6.07) is 16.8. The van der Waals surface area contributed by atoms with Gasteiger partial charge in [-0.05, 0) is 49.2 Å². The van der Waals surface area contributed by atoms with Crippen LogP contribution >= 0.6 is 0 Å². The second-order valence-electron chi connectivity index (χ2n) is 8.44. The van der Waals surface area contributed by atoms with E-state index in [0.29, 0.717) is 12.1 Å². The van der Waals surface area contributed by atoms with Crippen LogP contribution in [0.25, 0.3) is 11.3 Å². The molecule has 31 heavy (non-hydrogen) atoms. The summed E-state index contributed by atoms with van der Waals surface area (Å²) in [5.41, 5.74) is 2.75. The molecule has 3 atom stereocenters. The average Bonchev–Trinajstić information content (AvgIpc) is 3.28. The topological polar surface area (TPSA) is 54.2 Å². The molecule has 1 aromatic heterocycles. The van der Waals surface area contributed by atoms with Crippen molar-refractivity contribution in [3.05, 3.63) is 72.2 Å². The predicted octanol–water partition coefficient (Wildman–Crippen LogP) is 5.01. The summed E-state index contributed by atoms with van der Waals surface area (Å²) in [5.74, 6) is -0.274. The number of rotatable bonds is 8. The van der Waals surface area contributed by atoms with Crippen LogP contribution in [0, 0.1) is 5.82 Å². The minimum Gasteiger partial charge on any atom is -0.391 e. The van der Waals surface area contributed by atoms with Crippen molar-refractivity contribution in [1.82, 2.24) is 19.9 Å². The standard InChI is InChI=1S/C25H31FN4O/c1-2-3-4-8-15-29-18-24(25(31)16-23(29)20-9-6-5-7-10-20)30-17-22(27-28-30)19-11-13-21(26)14-12-19/h5-7,9-14,17,23-25,31H,2-4,8,15-16,18H2,1H3/t23-,24+,25+/m0/s1. The van der Waals surface area contributed by atoms with Gasteiger partial charge in [0.2, 0.25) is 0 Å². The lowest BCUT2D eigenvalue weighted by molar-refractivity contribution is -0.00774. The zero-order valence-corrected chi connectivity index (χ0v) is 18.1. The summed E-state index contributed by atoms with van der Waals surface area (Å²) < 4.78 is 15.0. The number of aliphatic hydroxyl groups is 1. The summed E-state index contributed by atoms with van der Waals surface area (Å²) in [4.78, 5) is 2.49. The number of nitrogens with zero attached hydrogens (tertiary/aromatic N) is 4. The van der Waals surface area contributed by atoms with Crippen LogP contribution in [0.4, 0.5) is 4.39 Å². The highest BCUT2D eigenvalue weighted by molar-refractivity contribution is 5.57. The van der Waals surface area contributed by atoms with E-state index in [1.54, 1.807) is 16.8 Å². The molecule has 1 fully saturated rings. The van der Waals surface area contributed by atoms with Gasteiger partial charge in [0.1, 0.15) is 11.5 Å². The van der Waals surface area contributed by atoms with Crippen molar-refractivity contribution in [1.29, 1.82) is 0 Å². The van der Waals surface area contributed by atoms with Crippen molar-refractivity contribution in [2.75, 3.05) is 13.1 Å². The third kappa shape index (κ3) is 5.20. The van der Waals surface area contributed by atoms with Crippen molar-refractivity contribution in [2.24, 2.45) is 0 Å². The molecule has 4 rings (SSSR count). The third-order valence-electron chi connectivity index (χ3n) is 6.24. The molecule has 2 heterocycles. The smallest absolute Gasteiger partial charge is 0.123 e. The highest BCUT2D eigenvalue weighted by Crippen LogP contribution is 2.36. The fourth-order valence-corrected chi connectivity index (χ4v) is 4.49. The Morgan fingerprint density at radius 1 is 1.03 bits per heavy atom. The number of piperidine rings is 1. The zero-order chi connectivity index (χ0) is 21.6. The van der Waals surface area contributed by atoms with E-state index < -0.39 is 6.10 Å². The van der Waals surface area contributed by atoms with E-state index in [-0.39, 0.29) is 17.9 Å². The molecule has 1 aliphatic rings. The lowest BCUT2D eigenvalue weighted by Gasteiger charge is -2.42. The summed E-state index contributed by atoms with van der Waals surface area (Å²) in [6.45, 7) is 3.95. The SMILES string of the molecule is CCCCCCN1C[C@@H](n2cc(-c3ccc(F)cc3)nn2)[C@H](O)C[C@H]1c1ccccc1. The molecule has 0 unspecified atom stereocenters. The van der Waals surface area contributed by atoms with Gasteiger partial charge in [0.25, 0.3) is 0 Å². The molecular formula is C25H31FN4O. The minimum atomic E-state index is -0.514. The molecule has 1 N–H and O–H groups in total. The van der Waals surface area contributed by atoms with Gasteiger partial charge in [-0.2, -0.15) is 0 Å². The fraction of sp³-hybridized carbons (Fsp3) is 0.440. The predicted molar refractivity (Wildman–Crippen MR) is 120 cm³/mol. The van der Waals surface area contributed by atoms with E-state index >= 15 is 0 Å². The van der Waals surface area contributed by atoms with Crippen LogP contribution in [-0.2, 0) is 0 Å². The Morgan fingerprint density at radius 3 is 2.55 bits per heavy atom. The number of aromatic nitrogens is 3. The first-order chi connectivity index (χ1) is 15.2. The number of unbranched alkanes of at least 4 members (excludes halogenated alkanes) is 3. The highest BCUT2D eigenvalue weighted by atomic mass is 19.1. The molecule has 5 nitrogen and oxygen atoms in total. The van der Waals surface area contributed by atoms with Crippen LogP contribution in [0.3, 0.4) is 0 Å². The van der Waals surface area contributed by atoms with Gasteiger partial charge in [-0.1, -0.05) is 61.7 Å². The highest BCUT2D eigenvalue weighted by Gasteiger charge is 2.36.